The van der Waals surface area contributed by atoms with Crippen LogP contribution in [-0.4, -0.2) is 32.2 Å². The summed E-state index contributed by atoms with van der Waals surface area (Å²) in [6, 6.07) is 15.7. The molecule has 1 aliphatic heterocycles. The number of carbonyl (C=O) groups is 1. The van der Waals surface area contributed by atoms with Crippen molar-refractivity contribution in [2.24, 2.45) is 0 Å². The predicted octanol–water partition coefficient (Wildman–Crippen LogP) is 2.08. The number of rotatable bonds is 6. The van der Waals surface area contributed by atoms with Crippen molar-refractivity contribution in [1.82, 2.24) is 5.32 Å². The second-order valence-electron chi connectivity index (χ2n) is 6.41. The molecule has 0 spiro atoms. The van der Waals surface area contributed by atoms with Crippen LogP contribution < -0.4 is 10.2 Å². The van der Waals surface area contributed by atoms with Crippen molar-refractivity contribution in [3.8, 4) is 0 Å². The summed E-state index contributed by atoms with van der Waals surface area (Å²) in [5.41, 5.74) is 3.35. The van der Waals surface area contributed by atoms with E-state index in [0.717, 1.165) is 44.0 Å². The van der Waals surface area contributed by atoms with Crippen molar-refractivity contribution in [3.63, 3.8) is 0 Å². The lowest BCUT2D eigenvalue weighted by atomic mass is 10.1. The third kappa shape index (κ3) is 5.70. The van der Waals surface area contributed by atoms with Crippen LogP contribution in [0.15, 0.2) is 54.6 Å². The first-order valence-electron chi connectivity index (χ1n) is 8.90. The Hall–Kier alpha value is -2.14. The largest absolute Gasteiger partial charge is 0.370 e. The maximum Gasteiger partial charge on any atom is 0.244 e. The van der Waals surface area contributed by atoms with Gasteiger partial charge in [-0.3, -0.25) is 4.79 Å². The Labute approximate surface area is 159 Å². The smallest absolute Gasteiger partial charge is 0.244 e. The molecule has 2 N–H and O–H groups in total. The number of hydrogen-bond acceptors (Lipinski definition) is 2. The summed E-state index contributed by atoms with van der Waals surface area (Å²) in [5.74, 6) is -0.113. The van der Waals surface area contributed by atoms with Crippen molar-refractivity contribution in [2.75, 3.05) is 26.3 Å². The molecule has 0 unspecified atom stereocenters. The van der Waals surface area contributed by atoms with Crippen LogP contribution in [0.3, 0.4) is 0 Å². The van der Waals surface area contributed by atoms with Crippen molar-refractivity contribution >= 4 is 23.6 Å². The van der Waals surface area contributed by atoms with Crippen molar-refractivity contribution in [2.45, 2.75) is 13.1 Å². The standard InChI is InChI=1S/C21H23ClN2O2/c22-20-7-3-4-17(14-20)8-9-21(25)23-15-18-5-1-2-6-19(18)16-24-10-12-26-13-11-24/h1-9,14H,10-13,15-16H2,(H,23,25)/p+1/b9-8+. The molecule has 1 heterocycles. The number of nitrogens with one attached hydrogen (secondary N) is 2. The first kappa shape index (κ1) is 18.6. The van der Waals surface area contributed by atoms with Gasteiger partial charge in [0, 0.05) is 23.2 Å². The SMILES string of the molecule is O=C(/C=C/c1cccc(Cl)c1)NCc1ccccc1C[NH+]1CCOCC1. The minimum absolute atomic E-state index is 0.113. The van der Waals surface area contributed by atoms with E-state index < -0.39 is 0 Å². The minimum Gasteiger partial charge on any atom is -0.370 e. The number of benzene rings is 2. The summed E-state index contributed by atoms with van der Waals surface area (Å²) >= 11 is 5.95. The Morgan fingerprint density at radius 2 is 1.88 bits per heavy atom. The highest BCUT2D eigenvalue weighted by Crippen LogP contribution is 2.12. The summed E-state index contributed by atoms with van der Waals surface area (Å²) in [7, 11) is 0. The maximum atomic E-state index is 12.1. The van der Waals surface area contributed by atoms with E-state index in [1.165, 1.54) is 10.5 Å². The van der Waals surface area contributed by atoms with Crippen LogP contribution in [0.2, 0.25) is 5.02 Å². The van der Waals surface area contributed by atoms with Crippen molar-refractivity contribution in [1.29, 1.82) is 0 Å². The lowest BCUT2D eigenvalue weighted by Crippen LogP contribution is -3.12. The first-order chi connectivity index (χ1) is 12.7. The quantitative estimate of drug-likeness (QED) is 0.763. The van der Waals surface area contributed by atoms with Crippen molar-refractivity contribution in [3.05, 3.63) is 76.3 Å². The minimum atomic E-state index is -0.113. The molecule has 0 bridgehead atoms. The van der Waals surface area contributed by atoms with Gasteiger partial charge in [0.2, 0.25) is 5.91 Å². The summed E-state index contributed by atoms with van der Waals surface area (Å²) in [5, 5.41) is 3.63. The van der Waals surface area contributed by atoms with E-state index in [1.54, 1.807) is 12.2 Å². The second-order valence-corrected chi connectivity index (χ2v) is 6.85. The zero-order valence-corrected chi connectivity index (χ0v) is 15.5. The summed E-state index contributed by atoms with van der Waals surface area (Å²) < 4.78 is 5.42. The molecular formula is C21H24ClN2O2+. The number of halogens is 1. The fourth-order valence-electron chi connectivity index (χ4n) is 3.03. The molecule has 2 aromatic rings. The van der Waals surface area contributed by atoms with Crippen LogP contribution in [0, 0.1) is 0 Å². The van der Waals surface area contributed by atoms with Gasteiger partial charge in [-0.2, -0.15) is 0 Å². The molecule has 0 aliphatic carbocycles. The Morgan fingerprint density at radius 3 is 2.65 bits per heavy atom. The van der Waals surface area contributed by atoms with Crippen LogP contribution >= 0.6 is 11.6 Å². The molecule has 1 aliphatic rings. The predicted molar refractivity (Wildman–Crippen MR) is 104 cm³/mol. The van der Waals surface area contributed by atoms with Gasteiger partial charge in [-0.25, -0.2) is 0 Å². The first-order valence-corrected chi connectivity index (χ1v) is 9.28. The number of quaternary nitrogens is 1. The van der Waals surface area contributed by atoms with E-state index in [0.29, 0.717) is 11.6 Å². The molecule has 1 fully saturated rings. The highest BCUT2D eigenvalue weighted by atomic mass is 35.5. The van der Waals surface area contributed by atoms with Crippen LogP contribution in [0.4, 0.5) is 0 Å². The van der Waals surface area contributed by atoms with Crippen LogP contribution in [0.25, 0.3) is 6.08 Å². The van der Waals surface area contributed by atoms with Gasteiger partial charge in [0.15, 0.2) is 0 Å². The zero-order valence-electron chi connectivity index (χ0n) is 14.7. The molecule has 0 radical (unpaired) electrons. The molecule has 26 heavy (non-hydrogen) atoms. The van der Waals surface area contributed by atoms with E-state index in [2.05, 4.69) is 23.5 Å². The average Bonchev–Trinajstić information content (AvgIpc) is 2.66. The van der Waals surface area contributed by atoms with E-state index in [4.69, 9.17) is 16.3 Å². The fourth-order valence-corrected chi connectivity index (χ4v) is 3.23. The van der Waals surface area contributed by atoms with E-state index in [9.17, 15) is 4.79 Å². The highest BCUT2D eigenvalue weighted by molar-refractivity contribution is 6.30. The zero-order chi connectivity index (χ0) is 18.2. The monoisotopic (exact) mass is 371 g/mol. The number of carbonyl (C=O) groups excluding carboxylic acids is 1. The topological polar surface area (TPSA) is 42.8 Å². The Balaban J connectivity index is 1.56. The second kappa shape index (κ2) is 9.53. The Morgan fingerprint density at radius 1 is 1.12 bits per heavy atom. The third-order valence-electron chi connectivity index (χ3n) is 4.49. The maximum absolute atomic E-state index is 12.1. The molecule has 2 aromatic carbocycles. The van der Waals surface area contributed by atoms with E-state index in [1.807, 2.05) is 30.3 Å². The summed E-state index contributed by atoms with van der Waals surface area (Å²) in [6.45, 7) is 5.20. The highest BCUT2D eigenvalue weighted by Gasteiger charge is 2.15. The third-order valence-corrected chi connectivity index (χ3v) is 4.72. The molecule has 5 heteroatoms. The molecule has 4 nitrogen and oxygen atoms in total. The molecular weight excluding hydrogens is 348 g/mol. The number of morpholine rings is 1. The average molecular weight is 372 g/mol. The Bertz CT molecular complexity index is 770. The van der Waals surface area contributed by atoms with E-state index in [-0.39, 0.29) is 5.91 Å². The molecule has 0 atom stereocenters. The normalized spacial score (nSPS) is 15.3. The van der Waals surface area contributed by atoms with Crippen LogP contribution in [0.5, 0.6) is 0 Å². The van der Waals surface area contributed by atoms with Gasteiger partial charge < -0.3 is 15.0 Å². The van der Waals surface area contributed by atoms with Crippen LogP contribution in [-0.2, 0) is 22.6 Å². The van der Waals surface area contributed by atoms with Gasteiger partial charge in [0.1, 0.15) is 19.6 Å². The Kier molecular flexibility index (Phi) is 6.83. The molecule has 3 rings (SSSR count). The van der Waals surface area contributed by atoms with Crippen LogP contribution in [0.1, 0.15) is 16.7 Å². The van der Waals surface area contributed by atoms with Gasteiger partial charge in [-0.15, -0.1) is 0 Å². The molecule has 0 saturated carbocycles. The van der Waals surface area contributed by atoms with Gasteiger partial charge >= 0.3 is 0 Å². The molecule has 1 saturated heterocycles. The number of ether oxygens (including phenoxy) is 1. The molecule has 1 amide bonds. The number of amides is 1. The lowest BCUT2D eigenvalue weighted by molar-refractivity contribution is -0.921. The van der Waals surface area contributed by atoms with Crippen molar-refractivity contribution < 1.29 is 14.4 Å². The summed E-state index contributed by atoms with van der Waals surface area (Å²) in [4.78, 5) is 13.6. The fraction of sp³-hybridized carbons (Fsp3) is 0.286. The molecule has 136 valence electrons. The molecule has 0 aromatic heterocycles. The van der Waals surface area contributed by atoms with Gasteiger partial charge in [-0.1, -0.05) is 48.0 Å². The number of hydrogen-bond donors (Lipinski definition) is 2. The van der Waals surface area contributed by atoms with Gasteiger partial charge in [0.25, 0.3) is 0 Å². The van der Waals surface area contributed by atoms with Gasteiger partial charge in [0.05, 0.1) is 13.2 Å². The van der Waals surface area contributed by atoms with E-state index >= 15 is 0 Å². The lowest BCUT2D eigenvalue weighted by Gasteiger charge is -2.24. The summed E-state index contributed by atoms with van der Waals surface area (Å²) in [6.07, 6.45) is 3.31. The van der Waals surface area contributed by atoms with Gasteiger partial charge in [-0.05, 0) is 29.3 Å².